The Morgan fingerprint density at radius 3 is 2.47 bits per heavy atom. The molecular weight excluding hydrogens is 511 g/mol. The van der Waals surface area contributed by atoms with Crippen LogP contribution in [0.1, 0.15) is 16.7 Å². The quantitative estimate of drug-likeness (QED) is 0.229. The summed E-state index contributed by atoms with van der Waals surface area (Å²) < 4.78 is 6.94. The van der Waals surface area contributed by atoms with Crippen LogP contribution in [-0.2, 0) is 11.4 Å². The number of hydrogen-bond acceptors (Lipinski definition) is 3. The van der Waals surface area contributed by atoms with Crippen LogP contribution in [0.2, 0.25) is 5.02 Å². The van der Waals surface area contributed by atoms with Crippen LogP contribution < -0.4 is 10.1 Å². The van der Waals surface area contributed by atoms with Gasteiger partial charge in [0.1, 0.15) is 24.0 Å². The maximum absolute atomic E-state index is 12.4. The number of carbonyl (C=O) groups is 1. The number of benzene rings is 3. The van der Waals surface area contributed by atoms with Gasteiger partial charge in [0.05, 0.1) is 5.02 Å². The number of nitrogens with zero attached hydrogens (tertiary/aromatic N) is 1. The lowest BCUT2D eigenvalue weighted by Gasteiger charge is -2.09. The van der Waals surface area contributed by atoms with E-state index in [1.165, 1.54) is 6.08 Å². The second-order valence-electron chi connectivity index (χ2n) is 6.59. The maximum atomic E-state index is 12.4. The number of carbonyl (C=O) groups excluding carboxylic acids is 1. The van der Waals surface area contributed by atoms with Gasteiger partial charge in [0.2, 0.25) is 0 Å². The molecule has 3 aromatic carbocycles. The van der Waals surface area contributed by atoms with Crippen molar-refractivity contribution in [3.63, 3.8) is 0 Å². The maximum Gasteiger partial charge on any atom is 0.266 e. The Labute approximate surface area is 194 Å². The van der Waals surface area contributed by atoms with Crippen LogP contribution in [0.3, 0.4) is 0 Å². The molecule has 1 N–H and O–H groups in total. The fraction of sp³-hybridized carbons (Fsp3) is 0.0833. The summed E-state index contributed by atoms with van der Waals surface area (Å²) in [6.45, 7) is 2.36. The van der Waals surface area contributed by atoms with Crippen LogP contribution in [0, 0.1) is 21.8 Å². The summed E-state index contributed by atoms with van der Waals surface area (Å²) in [6, 6.07) is 22.5. The smallest absolute Gasteiger partial charge is 0.266 e. The second-order valence-corrected chi connectivity index (χ2v) is 8.25. The van der Waals surface area contributed by atoms with Gasteiger partial charge in [0.25, 0.3) is 5.91 Å². The van der Waals surface area contributed by atoms with Crippen LogP contribution in [-0.4, -0.2) is 5.91 Å². The van der Waals surface area contributed by atoms with Crippen molar-refractivity contribution in [1.82, 2.24) is 0 Å². The zero-order valence-corrected chi connectivity index (χ0v) is 19.1. The first kappa shape index (κ1) is 21.9. The Morgan fingerprint density at radius 1 is 1.13 bits per heavy atom. The third-order valence-corrected chi connectivity index (χ3v) is 5.26. The first-order valence-electron chi connectivity index (χ1n) is 9.11. The van der Waals surface area contributed by atoms with E-state index in [9.17, 15) is 10.1 Å². The average molecular weight is 529 g/mol. The number of halogens is 2. The van der Waals surface area contributed by atoms with E-state index in [-0.39, 0.29) is 5.57 Å². The number of anilines is 1. The molecule has 6 heteroatoms. The highest BCUT2D eigenvalue weighted by molar-refractivity contribution is 14.1. The molecule has 0 heterocycles. The number of rotatable bonds is 6. The molecule has 30 heavy (non-hydrogen) atoms. The highest BCUT2D eigenvalue weighted by atomic mass is 127. The molecule has 3 aromatic rings. The Bertz CT molecular complexity index is 1120. The Balaban J connectivity index is 1.69. The minimum atomic E-state index is -0.475. The molecule has 0 saturated carbocycles. The first-order chi connectivity index (χ1) is 14.4. The van der Waals surface area contributed by atoms with Crippen molar-refractivity contribution < 1.29 is 9.53 Å². The van der Waals surface area contributed by atoms with E-state index in [1.54, 1.807) is 30.3 Å². The van der Waals surface area contributed by atoms with Gasteiger partial charge in [0, 0.05) is 9.26 Å². The number of nitrogens with one attached hydrogen (secondary N) is 1. The molecule has 1 amide bonds. The monoisotopic (exact) mass is 528 g/mol. The molecule has 0 saturated heterocycles. The van der Waals surface area contributed by atoms with Gasteiger partial charge in [-0.05, 0) is 83.1 Å². The number of nitriles is 1. The van der Waals surface area contributed by atoms with E-state index in [1.807, 2.05) is 49.4 Å². The molecule has 0 unspecified atom stereocenters. The topological polar surface area (TPSA) is 62.1 Å². The Kier molecular flexibility index (Phi) is 7.50. The van der Waals surface area contributed by atoms with E-state index >= 15 is 0 Å². The van der Waals surface area contributed by atoms with Crippen molar-refractivity contribution in [3.8, 4) is 11.8 Å². The van der Waals surface area contributed by atoms with Gasteiger partial charge in [-0.15, -0.1) is 0 Å². The summed E-state index contributed by atoms with van der Waals surface area (Å²) in [6.07, 6.45) is 1.50. The minimum Gasteiger partial charge on any atom is -0.487 e. The van der Waals surface area contributed by atoms with Crippen molar-refractivity contribution in [1.29, 1.82) is 5.26 Å². The molecular formula is C24H18ClIN2O2. The van der Waals surface area contributed by atoms with Gasteiger partial charge in [-0.25, -0.2) is 0 Å². The molecule has 0 atom stereocenters. The normalized spacial score (nSPS) is 10.9. The fourth-order valence-corrected chi connectivity index (χ4v) is 3.22. The van der Waals surface area contributed by atoms with Gasteiger partial charge in [-0.1, -0.05) is 47.5 Å². The van der Waals surface area contributed by atoms with Gasteiger partial charge in [0.15, 0.2) is 0 Å². The molecule has 0 aliphatic rings. The molecule has 0 fully saturated rings. The Morgan fingerprint density at radius 2 is 1.83 bits per heavy atom. The lowest BCUT2D eigenvalue weighted by molar-refractivity contribution is -0.112. The summed E-state index contributed by atoms with van der Waals surface area (Å²) in [5.41, 5.74) is 3.37. The van der Waals surface area contributed by atoms with Crippen molar-refractivity contribution >= 4 is 51.9 Å². The average Bonchev–Trinajstić information content (AvgIpc) is 2.74. The van der Waals surface area contributed by atoms with Crippen LogP contribution in [0.5, 0.6) is 5.75 Å². The predicted molar refractivity (Wildman–Crippen MR) is 128 cm³/mol. The summed E-state index contributed by atoms with van der Waals surface area (Å²) in [5.74, 6) is 0.0616. The molecule has 0 aromatic heterocycles. The lowest BCUT2D eigenvalue weighted by Crippen LogP contribution is -2.13. The summed E-state index contributed by atoms with van der Waals surface area (Å²) >= 11 is 8.58. The third kappa shape index (κ3) is 6.09. The standard InChI is InChI=1S/C24H18ClIN2O2/c1-16-2-9-21(10-3-16)28-24(29)19(14-27)12-18-6-11-23(22(25)13-18)30-15-17-4-7-20(26)8-5-17/h2-13H,15H2,1H3,(H,28,29)/b19-12+. The predicted octanol–water partition coefficient (Wildman–Crippen LogP) is 6.38. The Hall–Kier alpha value is -2.82. The first-order valence-corrected chi connectivity index (χ1v) is 10.6. The molecule has 0 radical (unpaired) electrons. The summed E-state index contributed by atoms with van der Waals surface area (Å²) in [7, 11) is 0. The van der Waals surface area contributed by atoms with Crippen molar-refractivity contribution in [2.24, 2.45) is 0 Å². The fourth-order valence-electron chi connectivity index (χ4n) is 2.62. The second kappa shape index (κ2) is 10.3. The van der Waals surface area contributed by atoms with Crippen LogP contribution in [0.15, 0.2) is 72.3 Å². The van der Waals surface area contributed by atoms with Crippen molar-refractivity contribution in [2.45, 2.75) is 13.5 Å². The van der Waals surface area contributed by atoms with Crippen molar-refractivity contribution in [3.05, 3.63) is 97.6 Å². The zero-order valence-electron chi connectivity index (χ0n) is 16.2. The van der Waals surface area contributed by atoms with Gasteiger partial charge >= 0.3 is 0 Å². The molecule has 0 bridgehead atoms. The SMILES string of the molecule is Cc1ccc(NC(=O)/C(C#N)=C/c2ccc(OCc3ccc(I)cc3)c(Cl)c2)cc1. The van der Waals surface area contributed by atoms with Crippen LogP contribution >= 0.6 is 34.2 Å². The molecule has 0 aliphatic carbocycles. The van der Waals surface area contributed by atoms with Gasteiger partial charge in [-0.2, -0.15) is 5.26 Å². The van der Waals surface area contributed by atoms with Crippen LogP contribution in [0.25, 0.3) is 6.08 Å². The highest BCUT2D eigenvalue weighted by Crippen LogP contribution is 2.27. The van der Waals surface area contributed by atoms with E-state index < -0.39 is 5.91 Å². The van der Waals surface area contributed by atoms with E-state index in [4.69, 9.17) is 16.3 Å². The number of amides is 1. The molecule has 4 nitrogen and oxygen atoms in total. The summed E-state index contributed by atoms with van der Waals surface area (Å²) in [5, 5.41) is 12.5. The van der Waals surface area contributed by atoms with E-state index in [2.05, 4.69) is 27.9 Å². The zero-order chi connectivity index (χ0) is 21.5. The lowest BCUT2D eigenvalue weighted by atomic mass is 10.1. The molecule has 0 aliphatic heterocycles. The molecule has 3 rings (SSSR count). The number of ether oxygens (including phenoxy) is 1. The van der Waals surface area contributed by atoms with Gasteiger partial charge in [-0.3, -0.25) is 4.79 Å². The largest absolute Gasteiger partial charge is 0.487 e. The van der Waals surface area contributed by atoms with Crippen LogP contribution in [0.4, 0.5) is 5.69 Å². The van der Waals surface area contributed by atoms with Gasteiger partial charge < -0.3 is 10.1 Å². The van der Waals surface area contributed by atoms with E-state index in [0.29, 0.717) is 28.6 Å². The molecule has 0 spiro atoms. The van der Waals surface area contributed by atoms with Crippen molar-refractivity contribution in [2.75, 3.05) is 5.32 Å². The highest BCUT2D eigenvalue weighted by Gasteiger charge is 2.11. The number of aryl methyl sites for hydroxylation is 1. The van der Waals surface area contributed by atoms with E-state index in [0.717, 1.165) is 14.7 Å². The third-order valence-electron chi connectivity index (χ3n) is 4.25. The molecule has 150 valence electrons. The number of hydrogen-bond donors (Lipinski definition) is 1. The summed E-state index contributed by atoms with van der Waals surface area (Å²) in [4.78, 5) is 12.4. The minimum absolute atomic E-state index is 0.0146.